The maximum Gasteiger partial charge on any atom is 0.454 e. The van der Waals surface area contributed by atoms with Crippen LogP contribution in [0.3, 0.4) is 0 Å². The number of alkyl halides is 6. The molecule has 0 radical (unpaired) electrons. The number of methoxy groups -OCH3 is 1. The Labute approximate surface area is 113 Å². The number of esters is 1. The summed E-state index contributed by atoms with van der Waals surface area (Å²) in [4.78, 5) is 22.4. The maximum absolute atomic E-state index is 12.6. The molecule has 116 valence electrons. The molecule has 1 aromatic rings. The Morgan fingerprint density at radius 2 is 1.52 bits per heavy atom. The second kappa shape index (κ2) is 5.26. The van der Waals surface area contributed by atoms with Crippen molar-refractivity contribution in [2.24, 2.45) is 0 Å². The van der Waals surface area contributed by atoms with Crippen LogP contribution < -0.4 is 5.73 Å². The van der Waals surface area contributed by atoms with Gasteiger partial charge in [0.05, 0.1) is 29.5 Å². The average molecular weight is 315 g/mol. The number of carbonyl (C=O) groups is 2. The van der Waals surface area contributed by atoms with Gasteiger partial charge in [0.15, 0.2) is 0 Å². The molecule has 0 bridgehead atoms. The standard InChI is InChI=1S/C11H7F6NO3/c1-21-9(20)6-3-4(10(12,13)14)2-5(7(6)18)8(19)11(15,16)17/h2-3H,18H2,1H3. The number of ether oxygens (including phenoxy) is 1. The van der Waals surface area contributed by atoms with E-state index in [-0.39, 0.29) is 12.1 Å². The van der Waals surface area contributed by atoms with E-state index in [9.17, 15) is 35.9 Å². The van der Waals surface area contributed by atoms with Crippen molar-refractivity contribution in [1.82, 2.24) is 0 Å². The van der Waals surface area contributed by atoms with Crippen LogP contribution in [0, 0.1) is 0 Å². The largest absolute Gasteiger partial charge is 0.465 e. The van der Waals surface area contributed by atoms with Crippen LogP contribution >= 0.6 is 0 Å². The molecular formula is C11H7F6NO3. The minimum atomic E-state index is -5.44. The molecule has 0 unspecified atom stereocenters. The number of carbonyl (C=O) groups excluding carboxylic acids is 2. The van der Waals surface area contributed by atoms with E-state index in [1.165, 1.54) is 0 Å². The lowest BCUT2D eigenvalue weighted by atomic mass is 9.99. The van der Waals surface area contributed by atoms with Crippen molar-refractivity contribution in [1.29, 1.82) is 0 Å². The highest BCUT2D eigenvalue weighted by molar-refractivity contribution is 6.09. The normalized spacial score (nSPS) is 12.1. The van der Waals surface area contributed by atoms with Gasteiger partial charge < -0.3 is 10.5 Å². The fourth-order valence-electron chi connectivity index (χ4n) is 1.44. The van der Waals surface area contributed by atoms with Crippen molar-refractivity contribution in [2.45, 2.75) is 12.4 Å². The van der Waals surface area contributed by atoms with Gasteiger partial charge in [-0.25, -0.2) is 4.79 Å². The van der Waals surface area contributed by atoms with Crippen LogP contribution in [0.1, 0.15) is 26.3 Å². The second-order valence-electron chi connectivity index (χ2n) is 3.80. The van der Waals surface area contributed by atoms with E-state index in [1.807, 2.05) is 0 Å². The number of hydrogen-bond acceptors (Lipinski definition) is 4. The number of nitrogen functional groups attached to an aromatic ring is 1. The van der Waals surface area contributed by atoms with Crippen LogP contribution in [0.4, 0.5) is 32.0 Å². The molecule has 0 aliphatic carbocycles. The summed E-state index contributed by atoms with van der Waals surface area (Å²) in [5, 5.41) is 0. The third kappa shape index (κ3) is 3.44. The molecule has 21 heavy (non-hydrogen) atoms. The first-order valence-corrected chi connectivity index (χ1v) is 5.10. The lowest BCUT2D eigenvalue weighted by Crippen LogP contribution is -2.25. The molecule has 2 N–H and O–H groups in total. The molecule has 0 atom stereocenters. The molecule has 0 aliphatic rings. The highest BCUT2D eigenvalue weighted by atomic mass is 19.4. The maximum atomic E-state index is 12.6. The smallest absolute Gasteiger partial charge is 0.454 e. The predicted molar refractivity (Wildman–Crippen MR) is 57.6 cm³/mol. The topological polar surface area (TPSA) is 69.4 Å². The quantitative estimate of drug-likeness (QED) is 0.394. The summed E-state index contributed by atoms with van der Waals surface area (Å²) in [5.74, 6) is -3.98. The fraction of sp³-hybridized carbons (Fsp3) is 0.273. The van der Waals surface area contributed by atoms with Gasteiger partial charge in [0.2, 0.25) is 0 Å². The molecule has 0 amide bonds. The van der Waals surface area contributed by atoms with Crippen LogP contribution in [0.2, 0.25) is 0 Å². The zero-order valence-corrected chi connectivity index (χ0v) is 10.2. The number of anilines is 1. The first kappa shape index (κ1) is 16.8. The summed E-state index contributed by atoms with van der Waals surface area (Å²) in [7, 11) is 0.799. The molecule has 1 rings (SSSR count). The third-order valence-electron chi connectivity index (χ3n) is 2.41. The van der Waals surface area contributed by atoms with Crippen molar-refractivity contribution >= 4 is 17.4 Å². The molecule has 0 fully saturated rings. The number of Topliss-reactive ketones (excluding diaryl/α,β-unsaturated/α-hetero) is 1. The van der Waals surface area contributed by atoms with Crippen molar-refractivity contribution in [3.8, 4) is 0 Å². The Kier molecular flexibility index (Phi) is 4.21. The van der Waals surface area contributed by atoms with E-state index >= 15 is 0 Å². The van der Waals surface area contributed by atoms with E-state index in [4.69, 9.17) is 5.73 Å². The van der Waals surface area contributed by atoms with Gasteiger partial charge in [-0.1, -0.05) is 0 Å². The fourth-order valence-corrected chi connectivity index (χ4v) is 1.44. The summed E-state index contributed by atoms with van der Waals surface area (Å²) in [6.45, 7) is 0. The number of hydrogen-bond donors (Lipinski definition) is 1. The first-order chi connectivity index (χ1) is 9.39. The predicted octanol–water partition coefficient (Wildman–Crippen LogP) is 2.82. The van der Waals surface area contributed by atoms with Crippen LogP contribution in [0.25, 0.3) is 0 Å². The highest BCUT2D eigenvalue weighted by Crippen LogP contribution is 2.35. The van der Waals surface area contributed by atoms with Gasteiger partial charge in [0, 0.05) is 0 Å². The molecule has 0 aromatic heterocycles. The van der Waals surface area contributed by atoms with E-state index in [0.29, 0.717) is 0 Å². The summed E-state index contributed by atoms with van der Waals surface area (Å²) >= 11 is 0. The van der Waals surface area contributed by atoms with Crippen LogP contribution in [-0.2, 0) is 10.9 Å². The lowest BCUT2D eigenvalue weighted by Gasteiger charge is -2.15. The van der Waals surface area contributed by atoms with Gasteiger partial charge in [0.1, 0.15) is 0 Å². The lowest BCUT2D eigenvalue weighted by molar-refractivity contribution is -0.137. The monoisotopic (exact) mass is 315 g/mol. The molecular weight excluding hydrogens is 308 g/mol. The van der Waals surface area contributed by atoms with Crippen molar-refractivity contribution < 1.29 is 40.7 Å². The van der Waals surface area contributed by atoms with Gasteiger partial charge in [-0.15, -0.1) is 0 Å². The van der Waals surface area contributed by atoms with Gasteiger partial charge in [-0.05, 0) is 12.1 Å². The van der Waals surface area contributed by atoms with Crippen molar-refractivity contribution in [2.75, 3.05) is 12.8 Å². The zero-order chi connectivity index (χ0) is 16.6. The van der Waals surface area contributed by atoms with E-state index in [1.54, 1.807) is 0 Å². The summed E-state index contributed by atoms with van der Waals surface area (Å²) in [6, 6.07) is 0.159. The second-order valence-corrected chi connectivity index (χ2v) is 3.80. The summed E-state index contributed by atoms with van der Waals surface area (Å²) in [5.41, 5.74) is 0.0968. The van der Waals surface area contributed by atoms with Crippen LogP contribution in [0.5, 0.6) is 0 Å². The minimum Gasteiger partial charge on any atom is -0.465 e. The molecule has 4 nitrogen and oxygen atoms in total. The summed E-state index contributed by atoms with van der Waals surface area (Å²) < 4.78 is 79.1. The Hall–Kier alpha value is -2.26. The number of ketones is 1. The number of halogens is 6. The molecule has 0 saturated carbocycles. The van der Waals surface area contributed by atoms with Gasteiger partial charge in [-0.3, -0.25) is 4.79 Å². The Bertz CT molecular complexity index is 591. The van der Waals surface area contributed by atoms with Crippen molar-refractivity contribution in [3.05, 3.63) is 28.8 Å². The Morgan fingerprint density at radius 1 is 1.05 bits per heavy atom. The van der Waals surface area contributed by atoms with Gasteiger partial charge >= 0.3 is 18.3 Å². The zero-order valence-electron chi connectivity index (χ0n) is 10.2. The third-order valence-corrected chi connectivity index (χ3v) is 2.41. The van der Waals surface area contributed by atoms with Crippen molar-refractivity contribution in [3.63, 3.8) is 0 Å². The van der Waals surface area contributed by atoms with Gasteiger partial charge in [0.25, 0.3) is 5.78 Å². The molecule has 0 saturated heterocycles. The molecule has 0 spiro atoms. The van der Waals surface area contributed by atoms with E-state index in [2.05, 4.69) is 4.74 Å². The van der Waals surface area contributed by atoms with Crippen LogP contribution in [0.15, 0.2) is 12.1 Å². The first-order valence-electron chi connectivity index (χ1n) is 5.10. The highest BCUT2D eigenvalue weighted by Gasteiger charge is 2.43. The minimum absolute atomic E-state index is 0.0579. The molecule has 10 heteroatoms. The number of nitrogens with two attached hydrogens (primary N) is 1. The molecule has 0 aliphatic heterocycles. The molecule has 1 aromatic carbocycles. The Morgan fingerprint density at radius 3 is 1.90 bits per heavy atom. The SMILES string of the molecule is COC(=O)c1cc(C(F)(F)F)cc(C(=O)C(F)(F)F)c1N. The summed E-state index contributed by atoms with van der Waals surface area (Å²) in [6.07, 6.45) is -10.5. The Balaban J connectivity index is 3.64. The number of rotatable bonds is 2. The van der Waals surface area contributed by atoms with E-state index in [0.717, 1.165) is 7.11 Å². The van der Waals surface area contributed by atoms with Crippen LogP contribution in [-0.4, -0.2) is 25.0 Å². The molecule has 0 heterocycles. The van der Waals surface area contributed by atoms with Gasteiger partial charge in [-0.2, -0.15) is 26.3 Å². The van der Waals surface area contributed by atoms with E-state index < -0.39 is 46.5 Å². The average Bonchev–Trinajstić information content (AvgIpc) is 2.34. The number of benzene rings is 1.